The number of hydrogen-bond acceptors (Lipinski definition) is 4. The average molecular weight is 415 g/mol. The molecule has 0 aromatic heterocycles. The van der Waals surface area contributed by atoms with Crippen LogP contribution >= 0.6 is 0 Å². The van der Waals surface area contributed by atoms with Crippen molar-refractivity contribution in [2.75, 3.05) is 18.8 Å². The van der Waals surface area contributed by atoms with E-state index in [-0.39, 0.29) is 22.1 Å². The van der Waals surface area contributed by atoms with Gasteiger partial charge in [-0.15, -0.1) is 0 Å². The Labute approximate surface area is 174 Å². The van der Waals surface area contributed by atoms with Crippen LogP contribution in [0.25, 0.3) is 0 Å². The van der Waals surface area contributed by atoms with E-state index in [1.54, 1.807) is 25.1 Å². The average Bonchev–Trinajstić information content (AvgIpc) is 2.74. The second-order valence-electron chi connectivity index (χ2n) is 7.86. The number of carbonyl (C=O) groups excluding carboxylic acids is 1. The van der Waals surface area contributed by atoms with E-state index < -0.39 is 9.84 Å². The minimum atomic E-state index is -3.45. The molecule has 1 saturated heterocycles. The summed E-state index contributed by atoms with van der Waals surface area (Å²) in [5.41, 5.74) is 2.45. The van der Waals surface area contributed by atoms with Crippen LogP contribution in [0.5, 0.6) is 0 Å². The maximum atomic E-state index is 12.7. The van der Waals surface area contributed by atoms with Crippen LogP contribution in [0.1, 0.15) is 48.2 Å². The van der Waals surface area contributed by atoms with Crippen molar-refractivity contribution in [3.8, 4) is 0 Å². The van der Waals surface area contributed by atoms with Gasteiger partial charge in [-0.25, -0.2) is 8.42 Å². The first-order chi connectivity index (χ1) is 13.9. The van der Waals surface area contributed by atoms with Gasteiger partial charge in [0.05, 0.1) is 16.2 Å². The third-order valence-electron chi connectivity index (χ3n) is 5.57. The van der Waals surface area contributed by atoms with E-state index in [9.17, 15) is 13.2 Å². The Kier molecular flexibility index (Phi) is 7.09. The van der Waals surface area contributed by atoms with Crippen LogP contribution in [0.3, 0.4) is 0 Å². The molecule has 156 valence electrons. The summed E-state index contributed by atoms with van der Waals surface area (Å²) in [4.78, 5) is 15.2. The van der Waals surface area contributed by atoms with Crippen molar-refractivity contribution in [2.45, 2.75) is 44.7 Å². The molecule has 0 spiro atoms. The zero-order valence-electron chi connectivity index (χ0n) is 17.2. The lowest BCUT2D eigenvalue weighted by Gasteiger charge is -2.30. The summed E-state index contributed by atoms with van der Waals surface area (Å²) in [5.74, 6) is 0.412. The highest BCUT2D eigenvalue weighted by atomic mass is 32.2. The van der Waals surface area contributed by atoms with E-state index >= 15 is 0 Å². The second-order valence-corrected chi connectivity index (χ2v) is 10.1. The maximum absolute atomic E-state index is 12.7. The number of nitrogens with one attached hydrogen (secondary N) is 1. The molecule has 1 aliphatic heterocycles. The van der Waals surface area contributed by atoms with E-state index in [1.807, 2.05) is 12.1 Å². The molecule has 1 aliphatic rings. The normalized spacial score (nSPS) is 15.9. The summed E-state index contributed by atoms with van der Waals surface area (Å²) in [5, 5.41) is 2.87. The van der Waals surface area contributed by atoms with Gasteiger partial charge in [0.1, 0.15) is 0 Å². The SMILES string of the molecule is CCS(=O)(=O)c1ccccc1C(=O)NCc1cccc(CN2CCC(C)CC2)c1. The molecule has 1 fully saturated rings. The number of likely N-dealkylation sites (tertiary alicyclic amines) is 1. The third kappa shape index (κ3) is 5.67. The number of benzene rings is 2. The van der Waals surface area contributed by atoms with Gasteiger partial charge < -0.3 is 5.32 Å². The van der Waals surface area contributed by atoms with Gasteiger partial charge in [-0.2, -0.15) is 0 Å². The first-order valence-corrected chi connectivity index (χ1v) is 11.9. The molecule has 0 aliphatic carbocycles. The fraction of sp³-hybridized carbons (Fsp3) is 0.435. The minimum Gasteiger partial charge on any atom is -0.348 e. The molecule has 1 heterocycles. The monoisotopic (exact) mass is 414 g/mol. The Hall–Kier alpha value is -2.18. The van der Waals surface area contributed by atoms with Gasteiger partial charge in [-0.05, 0) is 55.1 Å². The van der Waals surface area contributed by atoms with Gasteiger partial charge in [0.25, 0.3) is 5.91 Å². The van der Waals surface area contributed by atoms with Crippen molar-refractivity contribution < 1.29 is 13.2 Å². The van der Waals surface area contributed by atoms with Crippen molar-refractivity contribution in [1.82, 2.24) is 10.2 Å². The Morgan fingerprint density at radius 3 is 2.48 bits per heavy atom. The number of piperidine rings is 1. The Balaban J connectivity index is 1.64. The Morgan fingerprint density at radius 1 is 1.07 bits per heavy atom. The molecule has 1 amide bonds. The summed E-state index contributed by atoms with van der Waals surface area (Å²) in [6, 6.07) is 14.6. The highest BCUT2D eigenvalue weighted by Crippen LogP contribution is 2.19. The van der Waals surface area contributed by atoms with Crippen molar-refractivity contribution in [3.05, 3.63) is 65.2 Å². The molecule has 3 rings (SSSR count). The first-order valence-electron chi connectivity index (χ1n) is 10.3. The molecule has 2 aromatic rings. The zero-order chi connectivity index (χ0) is 20.9. The number of nitrogens with zero attached hydrogens (tertiary/aromatic N) is 1. The molecule has 0 saturated carbocycles. The van der Waals surface area contributed by atoms with Gasteiger partial charge in [-0.1, -0.05) is 50.2 Å². The highest BCUT2D eigenvalue weighted by Gasteiger charge is 2.20. The molecule has 29 heavy (non-hydrogen) atoms. The largest absolute Gasteiger partial charge is 0.348 e. The van der Waals surface area contributed by atoms with Crippen LogP contribution in [-0.2, 0) is 22.9 Å². The van der Waals surface area contributed by atoms with Crippen LogP contribution in [0.2, 0.25) is 0 Å². The smallest absolute Gasteiger partial charge is 0.252 e. The van der Waals surface area contributed by atoms with Crippen LogP contribution in [-0.4, -0.2) is 38.1 Å². The summed E-state index contributed by atoms with van der Waals surface area (Å²) >= 11 is 0. The van der Waals surface area contributed by atoms with Crippen molar-refractivity contribution in [3.63, 3.8) is 0 Å². The van der Waals surface area contributed by atoms with Crippen LogP contribution in [0, 0.1) is 5.92 Å². The molecule has 0 bridgehead atoms. The van der Waals surface area contributed by atoms with Gasteiger partial charge >= 0.3 is 0 Å². The van der Waals surface area contributed by atoms with Crippen molar-refractivity contribution in [1.29, 1.82) is 0 Å². The second kappa shape index (κ2) is 9.55. The van der Waals surface area contributed by atoms with E-state index in [4.69, 9.17) is 0 Å². The lowest BCUT2D eigenvalue weighted by molar-refractivity contribution is 0.0947. The van der Waals surface area contributed by atoms with Crippen molar-refractivity contribution in [2.24, 2.45) is 5.92 Å². The summed E-state index contributed by atoms with van der Waals surface area (Å²) in [6.07, 6.45) is 2.49. The zero-order valence-corrected chi connectivity index (χ0v) is 18.0. The van der Waals surface area contributed by atoms with Crippen LogP contribution < -0.4 is 5.32 Å². The third-order valence-corrected chi connectivity index (χ3v) is 7.36. The molecule has 2 aromatic carbocycles. The number of sulfone groups is 1. The molecular weight excluding hydrogens is 384 g/mol. The predicted octanol–water partition coefficient (Wildman–Crippen LogP) is 3.64. The van der Waals surface area contributed by atoms with Gasteiger partial charge in [0.15, 0.2) is 9.84 Å². The molecule has 0 unspecified atom stereocenters. The lowest BCUT2D eigenvalue weighted by atomic mass is 9.98. The van der Waals surface area contributed by atoms with Crippen molar-refractivity contribution >= 4 is 15.7 Å². The molecule has 0 atom stereocenters. The molecule has 1 N–H and O–H groups in total. The summed E-state index contributed by atoms with van der Waals surface area (Å²) in [7, 11) is -3.45. The standard InChI is InChI=1S/C23H30N2O3S/c1-3-29(27,28)22-10-5-4-9-21(22)23(26)24-16-19-7-6-8-20(15-19)17-25-13-11-18(2)12-14-25/h4-10,15,18H,3,11-14,16-17H2,1-2H3,(H,24,26). The lowest BCUT2D eigenvalue weighted by Crippen LogP contribution is -2.32. The number of carbonyl (C=O) groups is 1. The van der Waals surface area contributed by atoms with E-state index in [0.29, 0.717) is 6.54 Å². The molecule has 5 nitrogen and oxygen atoms in total. The number of rotatable bonds is 7. The summed E-state index contributed by atoms with van der Waals surface area (Å²) in [6.45, 7) is 7.44. The van der Waals surface area contributed by atoms with Gasteiger partial charge in [0.2, 0.25) is 0 Å². The topological polar surface area (TPSA) is 66.5 Å². The molecule has 0 radical (unpaired) electrons. The first kappa shape index (κ1) is 21.5. The fourth-order valence-corrected chi connectivity index (χ4v) is 4.77. The summed E-state index contributed by atoms with van der Waals surface area (Å²) < 4.78 is 24.5. The quantitative estimate of drug-likeness (QED) is 0.751. The van der Waals surface area contributed by atoms with E-state index in [1.165, 1.54) is 24.5 Å². The maximum Gasteiger partial charge on any atom is 0.252 e. The number of hydrogen-bond donors (Lipinski definition) is 1. The fourth-order valence-electron chi connectivity index (χ4n) is 3.67. The number of amides is 1. The molecule has 6 heteroatoms. The Bertz CT molecular complexity index is 948. The van der Waals surface area contributed by atoms with E-state index in [0.717, 1.165) is 31.1 Å². The Morgan fingerprint density at radius 2 is 1.76 bits per heavy atom. The van der Waals surface area contributed by atoms with Crippen LogP contribution in [0.4, 0.5) is 0 Å². The van der Waals surface area contributed by atoms with Crippen LogP contribution in [0.15, 0.2) is 53.4 Å². The van der Waals surface area contributed by atoms with E-state index in [2.05, 4.69) is 29.3 Å². The minimum absolute atomic E-state index is 0.0331. The highest BCUT2D eigenvalue weighted by molar-refractivity contribution is 7.91. The molecular formula is C23H30N2O3S. The van der Waals surface area contributed by atoms with Gasteiger partial charge in [0, 0.05) is 13.1 Å². The predicted molar refractivity (Wildman–Crippen MR) is 115 cm³/mol. The van der Waals surface area contributed by atoms with Gasteiger partial charge in [-0.3, -0.25) is 9.69 Å².